The van der Waals surface area contributed by atoms with Crippen LogP contribution in [-0.4, -0.2) is 46.0 Å². The number of ether oxygens (including phenoxy) is 1. The predicted molar refractivity (Wildman–Crippen MR) is 60.3 cm³/mol. The molecule has 0 aromatic heterocycles. The van der Waals surface area contributed by atoms with Crippen LogP contribution >= 0.6 is 0 Å². The second-order valence-electron chi connectivity index (χ2n) is 3.49. The normalized spacial score (nSPS) is 14.9. The van der Waals surface area contributed by atoms with E-state index in [-0.39, 0.29) is 19.0 Å². The summed E-state index contributed by atoms with van der Waals surface area (Å²) in [6.07, 6.45) is 0. The Morgan fingerprint density at radius 3 is 2.35 bits per heavy atom. The van der Waals surface area contributed by atoms with Gasteiger partial charge < -0.3 is 0 Å². The Bertz CT molecular complexity index is 489. The van der Waals surface area contributed by atoms with Gasteiger partial charge in [-0.1, -0.05) is 0 Å². The van der Waals surface area contributed by atoms with Crippen LogP contribution in [0.5, 0.6) is 5.75 Å². The first kappa shape index (κ1) is 17.1. The summed E-state index contributed by atoms with van der Waals surface area (Å²) < 4.78 is 33.7. The number of benzene rings is 1. The number of hydrogen-bond donors (Lipinski definition) is 6. The molecule has 12 heteroatoms. The summed E-state index contributed by atoms with van der Waals surface area (Å²) in [4.78, 5) is 4.16. The fourth-order valence-corrected chi connectivity index (χ4v) is 2.46. The number of rotatable bonds is 7. The molecule has 2 unspecified atom stereocenters. The SMILES string of the molecule is O=[As](O)(O)c1ccc(OCCO[NH+]([O-])O)c([NH+]([O-])O)c1. The van der Waals surface area contributed by atoms with Crippen LogP contribution < -0.4 is 19.7 Å². The van der Waals surface area contributed by atoms with Crippen molar-refractivity contribution in [3.05, 3.63) is 28.6 Å². The summed E-state index contributed by atoms with van der Waals surface area (Å²) in [7, 11) is 0. The first-order valence-electron chi connectivity index (χ1n) is 5.14. The van der Waals surface area contributed by atoms with Crippen molar-refractivity contribution in [2.45, 2.75) is 0 Å². The molecule has 0 saturated heterocycles. The molecule has 0 aliphatic carbocycles. The third kappa shape index (κ3) is 5.19. The zero-order valence-electron chi connectivity index (χ0n) is 9.92. The van der Waals surface area contributed by atoms with Gasteiger partial charge in [0, 0.05) is 0 Å². The van der Waals surface area contributed by atoms with Crippen molar-refractivity contribution in [1.82, 2.24) is 0 Å². The molecule has 1 rings (SSSR count). The van der Waals surface area contributed by atoms with Crippen molar-refractivity contribution in [3.63, 3.8) is 0 Å². The standard InChI is InChI=1S/C8H13AsN2O9/c12-9(13,14)6-1-2-8(7(5-6)10(15)16)19-3-4-20-11(17)18/h1-2,5,10-11,15,17H,3-4H2,(H2,12,13,14). The summed E-state index contributed by atoms with van der Waals surface area (Å²) in [6.45, 7) is -0.536. The van der Waals surface area contributed by atoms with Crippen LogP contribution in [0.15, 0.2) is 18.2 Å². The van der Waals surface area contributed by atoms with Gasteiger partial charge in [-0.3, -0.25) is 0 Å². The van der Waals surface area contributed by atoms with Crippen LogP contribution in [-0.2, 0) is 8.58 Å². The molecular formula is C8H13AsN2O9. The first-order chi connectivity index (χ1) is 9.21. The molecule has 0 aliphatic heterocycles. The van der Waals surface area contributed by atoms with E-state index in [1.54, 1.807) is 0 Å². The minimum atomic E-state index is -5.20. The monoisotopic (exact) mass is 356 g/mol. The van der Waals surface area contributed by atoms with E-state index < -0.39 is 34.8 Å². The van der Waals surface area contributed by atoms with E-state index in [1.807, 2.05) is 0 Å². The van der Waals surface area contributed by atoms with Gasteiger partial charge in [-0.25, -0.2) is 0 Å². The molecule has 1 aromatic rings. The van der Waals surface area contributed by atoms with Crippen LogP contribution in [0.1, 0.15) is 0 Å². The third-order valence-corrected chi connectivity index (χ3v) is 4.09. The van der Waals surface area contributed by atoms with Gasteiger partial charge in [0.25, 0.3) is 0 Å². The molecule has 114 valence electrons. The number of nitrogens with one attached hydrogen (secondary N) is 2. The van der Waals surface area contributed by atoms with E-state index in [1.165, 1.54) is 0 Å². The fraction of sp³-hybridized carbons (Fsp3) is 0.250. The van der Waals surface area contributed by atoms with Gasteiger partial charge in [-0.2, -0.15) is 0 Å². The van der Waals surface area contributed by atoms with E-state index in [4.69, 9.17) is 23.3 Å². The molecule has 1 aromatic carbocycles. The maximum absolute atomic E-state index is 11.1. The van der Waals surface area contributed by atoms with Crippen LogP contribution in [0, 0.1) is 10.4 Å². The molecule has 0 bridgehead atoms. The molecule has 6 N–H and O–H groups in total. The summed E-state index contributed by atoms with van der Waals surface area (Å²) >= 11 is -5.20. The average molecular weight is 356 g/mol. The molecular weight excluding hydrogens is 343 g/mol. The predicted octanol–water partition coefficient (Wildman–Crippen LogP) is -4.27. The van der Waals surface area contributed by atoms with Gasteiger partial charge in [0.05, 0.1) is 0 Å². The average Bonchev–Trinajstić information content (AvgIpc) is 2.33. The van der Waals surface area contributed by atoms with Crippen LogP contribution in [0.4, 0.5) is 5.69 Å². The second-order valence-corrected chi connectivity index (χ2v) is 6.86. The molecule has 11 nitrogen and oxygen atoms in total. The molecule has 20 heavy (non-hydrogen) atoms. The van der Waals surface area contributed by atoms with Gasteiger partial charge >= 0.3 is 114 Å². The summed E-state index contributed by atoms with van der Waals surface area (Å²) in [6, 6.07) is 2.98. The maximum atomic E-state index is 11.1. The van der Waals surface area contributed by atoms with Gasteiger partial charge in [0.1, 0.15) is 0 Å². The summed E-state index contributed by atoms with van der Waals surface area (Å²) in [5.74, 6) is -0.140. The van der Waals surface area contributed by atoms with E-state index in [0.717, 1.165) is 18.2 Å². The Hall–Kier alpha value is -0.982. The number of quaternary nitrogens is 2. The second kappa shape index (κ2) is 7.15. The Kier molecular flexibility index (Phi) is 6.10. The molecule has 0 amide bonds. The Balaban J connectivity index is 2.83. The summed E-state index contributed by atoms with van der Waals surface area (Å²) in [5.41, 5.74) is -0.428. The Morgan fingerprint density at radius 2 is 1.85 bits per heavy atom. The van der Waals surface area contributed by atoms with Crippen molar-refractivity contribution in [1.29, 1.82) is 0 Å². The molecule has 0 radical (unpaired) electrons. The molecule has 0 fully saturated rings. The van der Waals surface area contributed by atoms with Gasteiger partial charge in [0.2, 0.25) is 0 Å². The Labute approximate surface area is 115 Å². The van der Waals surface area contributed by atoms with Gasteiger partial charge in [-0.15, -0.1) is 0 Å². The van der Waals surface area contributed by atoms with Gasteiger partial charge in [0.15, 0.2) is 0 Å². The van der Waals surface area contributed by atoms with Crippen molar-refractivity contribution in [2.24, 2.45) is 0 Å². The van der Waals surface area contributed by atoms with Crippen molar-refractivity contribution >= 4 is 24.2 Å². The van der Waals surface area contributed by atoms with Crippen molar-refractivity contribution in [2.75, 3.05) is 13.2 Å². The van der Waals surface area contributed by atoms with E-state index in [9.17, 15) is 14.2 Å². The number of hydrogen-bond acceptors (Lipinski definition) is 7. The van der Waals surface area contributed by atoms with Crippen molar-refractivity contribution < 1.29 is 42.5 Å². The van der Waals surface area contributed by atoms with Crippen LogP contribution in [0.3, 0.4) is 0 Å². The van der Waals surface area contributed by atoms with Gasteiger partial charge in [-0.05, 0) is 0 Å². The third-order valence-electron chi connectivity index (χ3n) is 2.10. The molecule has 2 atom stereocenters. The molecule has 0 aliphatic rings. The van der Waals surface area contributed by atoms with E-state index >= 15 is 0 Å². The fourth-order valence-electron chi connectivity index (χ4n) is 1.27. The molecule has 0 heterocycles. The quantitative estimate of drug-likeness (QED) is 0.161. The van der Waals surface area contributed by atoms with Crippen molar-refractivity contribution in [3.8, 4) is 5.75 Å². The van der Waals surface area contributed by atoms with E-state index in [0.29, 0.717) is 0 Å². The first-order valence-corrected chi connectivity index (χ1v) is 8.52. The zero-order chi connectivity index (χ0) is 15.3. The topological polar surface area (TPSA) is 171 Å². The molecule has 0 spiro atoms. The van der Waals surface area contributed by atoms with E-state index in [2.05, 4.69) is 4.84 Å². The molecule has 0 saturated carbocycles. The Morgan fingerprint density at radius 1 is 1.20 bits per heavy atom. The van der Waals surface area contributed by atoms with Crippen LogP contribution in [0.25, 0.3) is 0 Å². The minimum absolute atomic E-state index is 0.140. The van der Waals surface area contributed by atoms with Crippen LogP contribution in [0.2, 0.25) is 0 Å². The zero-order valence-corrected chi connectivity index (χ0v) is 11.8. The summed E-state index contributed by atoms with van der Waals surface area (Å²) in [5, 5.41) is 35.3.